The lowest BCUT2D eigenvalue weighted by Gasteiger charge is -2.29. The van der Waals surface area contributed by atoms with Crippen molar-refractivity contribution in [3.8, 4) is 0 Å². The average Bonchev–Trinajstić information content (AvgIpc) is 2.81. The monoisotopic (exact) mass is 274 g/mol. The van der Waals surface area contributed by atoms with E-state index in [9.17, 15) is 13.2 Å². The van der Waals surface area contributed by atoms with E-state index in [1.54, 1.807) is 4.57 Å². The number of hydrogen-bond acceptors (Lipinski definition) is 3. The molecule has 4 nitrogen and oxygen atoms in total. The number of aryl methyl sites for hydroxylation is 1. The Bertz CT molecular complexity index is 448. The van der Waals surface area contributed by atoms with Crippen molar-refractivity contribution in [1.29, 1.82) is 0 Å². The number of piperidine rings is 1. The van der Waals surface area contributed by atoms with Gasteiger partial charge in [0.1, 0.15) is 11.6 Å². The van der Waals surface area contributed by atoms with Gasteiger partial charge in [-0.25, -0.2) is 0 Å². The van der Waals surface area contributed by atoms with Crippen molar-refractivity contribution in [1.82, 2.24) is 20.1 Å². The number of alkyl halides is 3. The number of fused-ring (bicyclic) bond motifs is 1. The molecule has 3 heterocycles. The van der Waals surface area contributed by atoms with Gasteiger partial charge in [-0.2, -0.15) is 13.2 Å². The molecule has 1 aromatic heterocycles. The van der Waals surface area contributed by atoms with Crippen molar-refractivity contribution < 1.29 is 13.2 Å². The van der Waals surface area contributed by atoms with Gasteiger partial charge >= 0.3 is 6.18 Å². The molecule has 19 heavy (non-hydrogen) atoms. The molecule has 0 aromatic carbocycles. The Kier molecular flexibility index (Phi) is 3.24. The van der Waals surface area contributed by atoms with E-state index in [2.05, 4.69) is 15.5 Å². The first-order valence-corrected chi connectivity index (χ1v) is 6.78. The molecule has 2 aliphatic heterocycles. The molecule has 3 rings (SSSR count). The molecule has 0 radical (unpaired) electrons. The predicted molar refractivity (Wildman–Crippen MR) is 62.5 cm³/mol. The summed E-state index contributed by atoms with van der Waals surface area (Å²) in [6.45, 7) is 0.870. The van der Waals surface area contributed by atoms with E-state index in [0.717, 1.165) is 25.8 Å². The Balaban J connectivity index is 1.84. The predicted octanol–water partition coefficient (Wildman–Crippen LogP) is 2.22. The van der Waals surface area contributed by atoms with Crippen LogP contribution in [0, 0.1) is 5.92 Å². The SMILES string of the molecule is FC(F)(F)C1CCc2nnc(C3CCCCN3)n2C1. The quantitative estimate of drug-likeness (QED) is 0.854. The Labute approximate surface area is 109 Å². The van der Waals surface area contributed by atoms with E-state index in [0.29, 0.717) is 18.1 Å². The molecular weight excluding hydrogens is 257 g/mol. The highest BCUT2D eigenvalue weighted by Crippen LogP contribution is 2.35. The van der Waals surface area contributed by atoms with Crippen molar-refractivity contribution >= 4 is 0 Å². The zero-order chi connectivity index (χ0) is 13.5. The third kappa shape index (κ3) is 2.48. The van der Waals surface area contributed by atoms with Crippen molar-refractivity contribution in [3.05, 3.63) is 11.6 Å². The molecule has 2 atom stereocenters. The van der Waals surface area contributed by atoms with E-state index in [1.807, 2.05) is 0 Å². The summed E-state index contributed by atoms with van der Waals surface area (Å²) in [5.74, 6) is 0.116. The second kappa shape index (κ2) is 4.77. The zero-order valence-corrected chi connectivity index (χ0v) is 10.6. The molecule has 0 spiro atoms. The van der Waals surface area contributed by atoms with Gasteiger partial charge in [0.05, 0.1) is 12.0 Å². The molecule has 106 valence electrons. The number of nitrogens with one attached hydrogen (secondary N) is 1. The molecule has 0 bridgehead atoms. The van der Waals surface area contributed by atoms with E-state index < -0.39 is 12.1 Å². The smallest absolute Gasteiger partial charge is 0.313 e. The van der Waals surface area contributed by atoms with E-state index in [-0.39, 0.29) is 19.0 Å². The second-order valence-corrected chi connectivity index (χ2v) is 5.36. The van der Waals surface area contributed by atoms with Crippen LogP contribution >= 0.6 is 0 Å². The third-order valence-electron chi connectivity index (χ3n) is 4.06. The van der Waals surface area contributed by atoms with Crippen molar-refractivity contribution in [2.75, 3.05) is 6.54 Å². The minimum atomic E-state index is -4.13. The lowest BCUT2D eigenvalue weighted by atomic mass is 9.98. The molecule has 0 amide bonds. The normalized spacial score (nSPS) is 28.2. The maximum absolute atomic E-state index is 12.8. The summed E-state index contributed by atoms with van der Waals surface area (Å²) in [7, 11) is 0. The summed E-state index contributed by atoms with van der Waals surface area (Å²) in [6, 6.07) is 0.0574. The van der Waals surface area contributed by atoms with E-state index in [1.165, 1.54) is 0 Å². The van der Waals surface area contributed by atoms with Crippen LogP contribution < -0.4 is 5.32 Å². The second-order valence-electron chi connectivity index (χ2n) is 5.36. The molecule has 1 saturated heterocycles. The van der Waals surface area contributed by atoms with Crippen LogP contribution in [0.4, 0.5) is 13.2 Å². The molecule has 2 aliphatic rings. The van der Waals surface area contributed by atoms with Crippen molar-refractivity contribution in [2.45, 2.75) is 50.9 Å². The fourth-order valence-corrected chi connectivity index (χ4v) is 2.95. The van der Waals surface area contributed by atoms with Crippen LogP contribution in [0.15, 0.2) is 0 Å². The van der Waals surface area contributed by atoms with Gasteiger partial charge in [-0.05, 0) is 25.8 Å². The van der Waals surface area contributed by atoms with Gasteiger partial charge in [0.15, 0.2) is 0 Å². The number of halogens is 3. The first kappa shape index (κ1) is 12.9. The summed E-state index contributed by atoms with van der Waals surface area (Å²) >= 11 is 0. The number of rotatable bonds is 1. The van der Waals surface area contributed by atoms with E-state index >= 15 is 0 Å². The van der Waals surface area contributed by atoms with Gasteiger partial charge in [0, 0.05) is 13.0 Å². The zero-order valence-electron chi connectivity index (χ0n) is 10.6. The van der Waals surface area contributed by atoms with Crippen LogP contribution in [0.2, 0.25) is 0 Å². The van der Waals surface area contributed by atoms with Gasteiger partial charge in [-0.1, -0.05) is 6.42 Å². The highest BCUT2D eigenvalue weighted by atomic mass is 19.4. The molecule has 2 unspecified atom stereocenters. The summed E-state index contributed by atoms with van der Waals surface area (Å²) in [5, 5.41) is 11.5. The molecule has 7 heteroatoms. The third-order valence-corrected chi connectivity index (χ3v) is 4.06. The first-order valence-electron chi connectivity index (χ1n) is 6.78. The Morgan fingerprint density at radius 3 is 2.68 bits per heavy atom. The van der Waals surface area contributed by atoms with Crippen LogP contribution in [0.25, 0.3) is 0 Å². The van der Waals surface area contributed by atoms with Crippen molar-refractivity contribution in [2.24, 2.45) is 5.92 Å². The Hall–Kier alpha value is -1.11. The van der Waals surface area contributed by atoms with Gasteiger partial charge in [0.2, 0.25) is 0 Å². The summed E-state index contributed by atoms with van der Waals surface area (Å²) in [5.41, 5.74) is 0. The highest BCUT2D eigenvalue weighted by molar-refractivity contribution is 5.05. The largest absolute Gasteiger partial charge is 0.393 e. The first-order chi connectivity index (χ1) is 9.05. The van der Waals surface area contributed by atoms with Gasteiger partial charge in [-0.3, -0.25) is 0 Å². The fraction of sp³-hybridized carbons (Fsp3) is 0.833. The van der Waals surface area contributed by atoms with Crippen LogP contribution in [0.3, 0.4) is 0 Å². The Morgan fingerprint density at radius 1 is 1.16 bits per heavy atom. The highest BCUT2D eigenvalue weighted by Gasteiger charge is 2.42. The lowest BCUT2D eigenvalue weighted by molar-refractivity contribution is -0.182. The fourth-order valence-electron chi connectivity index (χ4n) is 2.95. The van der Waals surface area contributed by atoms with Gasteiger partial charge < -0.3 is 9.88 Å². The maximum Gasteiger partial charge on any atom is 0.393 e. The minimum Gasteiger partial charge on any atom is -0.313 e. The van der Waals surface area contributed by atoms with Crippen LogP contribution in [-0.4, -0.2) is 27.5 Å². The standard InChI is InChI=1S/C12H17F3N4/c13-12(14,15)8-4-5-10-17-18-11(19(10)7-8)9-3-1-2-6-16-9/h8-9,16H,1-7H2. The summed E-state index contributed by atoms with van der Waals surface area (Å²) < 4.78 is 40.2. The van der Waals surface area contributed by atoms with Crippen LogP contribution in [-0.2, 0) is 13.0 Å². The minimum absolute atomic E-state index is 0.0284. The molecule has 1 N–H and O–H groups in total. The number of hydrogen-bond donors (Lipinski definition) is 1. The van der Waals surface area contributed by atoms with Gasteiger partial charge in [0.25, 0.3) is 0 Å². The van der Waals surface area contributed by atoms with Crippen LogP contribution in [0.1, 0.15) is 43.4 Å². The van der Waals surface area contributed by atoms with Gasteiger partial charge in [-0.15, -0.1) is 10.2 Å². The molecule has 0 aliphatic carbocycles. The molecule has 1 fully saturated rings. The topological polar surface area (TPSA) is 42.7 Å². The van der Waals surface area contributed by atoms with E-state index in [4.69, 9.17) is 0 Å². The molecule has 1 aromatic rings. The maximum atomic E-state index is 12.8. The average molecular weight is 274 g/mol. The molecule has 0 saturated carbocycles. The Morgan fingerprint density at radius 2 is 2.00 bits per heavy atom. The molecular formula is C12H17F3N4. The lowest BCUT2D eigenvalue weighted by Crippen LogP contribution is -2.35. The number of aromatic nitrogens is 3. The summed E-state index contributed by atoms with van der Waals surface area (Å²) in [6.07, 6.45) is -0.511. The van der Waals surface area contributed by atoms with Crippen LogP contribution in [0.5, 0.6) is 0 Å². The number of nitrogens with zero attached hydrogens (tertiary/aromatic N) is 3. The van der Waals surface area contributed by atoms with Crippen molar-refractivity contribution in [3.63, 3.8) is 0 Å². The summed E-state index contributed by atoms with van der Waals surface area (Å²) in [4.78, 5) is 0.